The lowest BCUT2D eigenvalue weighted by Gasteiger charge is -2.22. The molecule has 5 aromatic rings. The molecule has 0 saturated heterocycles. The van der Waals surface area contributed by atoms with Crippen LogP contribution in [0.1, 0.15) is 51.3 Å². The zero-order valence-electron chi connectivity index (χ0n) is 21.6. The van der Waals surface area contributed by atoms with E-state index in [1.165, 1.54) is 27.4 Å². The fraction of sp³-hybridized carbons (Fsp3) is 0.200. The number of ether oxygens (including phenoxy) is 1. The topological polar surface area (TPSA) is 85.5 Å². The van der Waals surface area contributed by atoms with Crippen molar-refractivity contribution in [3.63, 3.8) is 0 Å². The molecule has 1 atom stereocenters. The summed E-state index contributed by atoms with van der Waals surface area (Å²) in [4.78, 5) is 29.2. The van der Waals surface area contributed by atoms with Crippen molar-refractivity contribution in [2.75, 3.05) is 11.5 Å². The van der Waals surface area contributed by atoms with Crippen LogP contribution in [0.5, 0.6) is 5.75 Å². The molecule has 0 N–H and O–H groups in total. The number of amides is 1. The van der Waals surface area contributed by atoms with Crippen molar-refractivity contribution in [1.82, 2.24) is 10.2 Å². The second-order valence-electron chi connectivity index (χ2n) is 9.38. The lowest BCUT2D eigenvalue weighted by atomic mass is 9.98. The van der Waals surface area contributed by atoms with Crippen LogP contribution in [-0.4, -0.2) is 22.7 Å². The van der Waals surface area contributed by atoms with E-state index >= 15 is 0 Å². The highest BCUT2D eigenvalue weighted by Gasteiger charge is 2.45. The highest BCUT2D eigenvalue weighted by molar-refractivity contribution is 8.00. The Hall–Kier alpha value is -3.95. The Bertz CT molecular complexity index is 1740. The molecule has 39 heavy (non-hydrogen) atoms. The zero-order chi connectivity index (χ0) is 27.1. The number of nitrogens with zero attached hydrogens (tertiary/aromatic N) is 3. The number of hydrogen-bond acceptors (Lipinski definition) is 8. The normalized spacial score (nSPS) is 14.7. The van der Waals surface area contributed by atoms with E-state index in [9.17, 15) is 9.59 Å². The van der Waals surface area contributed by atoms with Crippen molar-refractivity contribution in [2.45, 2.75) is 36.9 Å². The summed E-state index contributed by atoms with van der Waals surface area (Å²) in [7, 11) is 0. The van der Waals surface area contributed by atoms with Crippen LogP contribution in [0.15, 0.2) is 80.3 Å². The number of anilines is 1. The van der Waals surface area contributed by atoms with Crippen LogP contribution in [0.25, 0.3) is 11.0 Å². The van der Waals surface area contributed by atoms with E-state index < -0.39 is 11.9 Å². The molecule has 0 spiro atoms. The van der Waals surface area contributed by atoms with Crippen LogP contribution in [-0.2, 0) is 5.75 Å². The summed E-state index contributed by atoms with van der Waals surface area (Å²) in [6.45, 7) is 6.44. The van der Waals surface area contributed by atoms with E-state index in [-0.39, 0.29) is 11.2 Å². The molecule has 6 rings (SSSR count). The first-order chi connectivity index (χ1) is 18.9. The lowest BCUT2D eigenvalue weighted by molar-refractivity contribution is 0.0970. The Morgan fingerprint density at radius 2 is 1.72 bits per heavy atom. The van der Waals surface area contributed by atoms with Crippen LogP contribution < -0.4 is 15.1 Å². The van der Waals surface area contributed by atoms with Gasteiger partial charge in [-0.25, -0.2) is 0 Å². The summed E-state index contributed by atoms with van der Waals surface area (Å²) in [5.41, 5.74) is 4.56. The van der Waals surface area contributed by atoms with Crippen LogP contribution in [0.3, 0.4) is 0 Å². The summed E-state index contributed by atoms with van der Waals surface area (Å²) in [6.07, 6.45) is 0. The highest BCUT2D eigenvalue weighted by Crippen LogP contribution is 2.43. The maximum atomic E-state index is 13.8. The van der Waals surface area contributed by atoms with Gasteiger partial charge in [0, 0.05) is 5.75 Å². The zero-order valence-corrected chi connectivity index (χ0v) is 23.3. The number of fused-ring (bicyclic) bond motifs is 2. The van der Waals surface area contributed by atoms with Gasteiger partial charge < -0.3 is 9.15 Å². The summed E-state index contributed by atoms with van der Waals surface area (Å²) >= 11 is 2.89. The second kappa shape index (κ2) is 10.3. The van der Waals surface area contributed by atoms with Gasteiger partial charge >= 0.3 is 0 Å². The fourth-order valence-electron chi connectivity index (χ4n) is 4.70. The van der Waals surface area contributed by atoms with Gasteiger partial charge in [0.2, 0.25) is 10.9 Å². The van der Waals surface area contributed by atoms with E-state index in [1.807, 2.05) is 44.2 Å². The maximum Gasteiger partial charge on any atom is 0.297 e. The first kappa shape index (κ1) is 25.3. The minimum absolute atomic E-state index is 0.0410. The second-order valence-corrected chi connectivity index (χ2v) is 11.6. The standard InChI is InChI=1S/C30H25N3O4S2/c1-4-36-21-12-10-20(11-13-21)25-24-26(34)22-15-18(3)7-14-23(22)37-27(24)28(35)33(25)29-31-32-30(39-29)38-16-19-8-5-17(2)6-9-19/h5-15,25H,4,16H2,1-3H3/t25-/m1/s1. The smallest absolute Gasteiger partial charge is 0.297 e. The fourth-order valence-corrected chi connectivity index (χ4v) is 6.52. The molecule has 7 nitrogen and oxygen atoms in total. The van der Waals surface area contributed by atoms with Crippen molar-refractivity contribution in [1.29, 1.82) is 0 Å². The molecular formula is C30H25N3O4S2. The Balaban J connectivity index is 1.42. The molecule has 0 unspecified atom stereocenters. The Morgan fingerprint density at radius 3 is 2.46 bits per heavy atom. The van der Waals surface area contributed by atoms with E-state index in [2.05, 4.69) is 41.4 Å². The van der Waals surface area contributed by atoms with E-state index in [1.54, 1.807) is 23.9 Å². The number of benzene rings is 3. The van der Waals surface area contributed by atoms with Gasteiger partial charge in [0.05, 0.1) is 23.6 Å². The summed E-state index contributed by atoms with van der Waals surface area (Å²) in [5, 5.41) is 9.60. The SMILES string of the molecule is CCOc1ccc([C@@H]2c3c(oc4ccc(C)cc4c3=O)C(=O)N2c2nnc(SCc3ccc(C)cc3)s2)cc1. The van der Waals surface area contributed by atoms with Gasteiger partial charge in [-0.15, -0.1) is 10.2 Å². The van der Waals surface area contributed by atoms with Gasteiger partial charge in [-0.1, -0.05) is 76.7 Å². The number of carbonyl (C=O) groups excluding carboxylic acids is 1. The third-order valence-electron chi connectivity index (χ3n) is 6.62. The molecule has 9 heteroatoms. The molecule has 1 amide bonds. The van der Waals surface area contributed by atoms with Gasteiger partial charge in [0.15, 0.2) is 9.77 Å². The first-order valence-electron chi connectivity index (χ1n) is 12.6. The Kier molecular flexibility index (Phi) is 6.70. The quantitative estimate of drug-likeness (QED) is 0.163. The molecule has 3 aromatic carbocycles. The summed E-state index contributed by atoms with van der Waals surface area (Å²) in [6, 6.07) is 20.5. The lowest BCUT2D eigenvalue weighted by Crippen LogP contribution is -2.29. The molecule has 0 aliphatic carbocycles. The Morgan fingerprint density at radius 1 is 0.974 bits per heavy atom. The molecule has 1 aliphatic rings. The van der Waals surface area contributed by atoms with Gasteiger partial charge in [0.1, 0.15) is 11.3 Å². The van der Waals surface area contributed by atoms with E-state index in [4.69, 9.17) is 9.15 Å². The molecule has 196 valence electrons. The molecular weight excluding hydrogens is 530 g/mol. The van der Waals surface area contributed by atoms with Gasteiger partial charge in [-0.2, -0.15) is 0 Å². The first-order valence-corrected chi connectivity index (χ1v) is 14.4. The summed E-state index contributed by atoms with van der Waals surface area (Å²) < 4.78 is 12.4. The number of carbonyl (C=O) groups is 1. The van der Waals surface area contributed by atoms with Crippen molar-refractivity contribution in [3.8, 4) is 5.75 Å². The minimum atomic E-state index is -0.702. The van der Waals surface area contributed by atoms with Crippen LogP contribution in [0.2, 0.25) is 0 Å². The third-order valence-corrected chi connectivity index (χ3v) is 8.74. The van der Waals surface area contributed by atoms with Crippen molar-refractivity contribution >= 4 is 45.1 Å². The maximum absolute atomic E-state index is 13.8. The highest BCUT2D eigenvalue weighted by atomic mass is 32.2. The molecule has 1 aliphatic heterocycles. The molecule has 0 fully saturated rings. The molecule has 2 aromatic heterocycles. The predicted molar refractivity (Wildman–Crippen MR) is 154 cm³/mol. The largest absolute Gasteiger partial charge is 0.494 e. The van der Waals surface area contributed by atoms with Crippen molar-refractivity contribution in [2.24, 2.45) is 0 Å². The molecule has 0 bridgehead atoms. The van der Waals surface area contributed by atoms with Crippen molar-refractivity contribution in [3.05, 3.63) is 111 Å². The number of thioether (sulfide) groups is 1. The average Bonchev–Trinajstić information content (AvgIpc) is 3.52. The van der Waals surface area contributed by atoms with E-state index in [0.29, 0.717) is 34.0 Å². The summed E-state index contributed by atoms with van der Waals surface area (Å²) in [5.74, 6) is 1.08. The molecule has 3 heterocycles. The predicted octanol–water partition coefficient (Wildman–Crippen LogP) is 6.70. The minimum Gasteiger partial charge on any atom is -0.494 e. The average molecular weight is 556 g/mol. The third kappa shape index (κ3) is 4.72. The van der Waals surface area contributed by atoms with Crippen LogP contribution in [0.4, 0.5) is 5.13 Å². The number of aryl methyl sites for hydroxylation is 2. The monoisotopic (exact) mass is 555 g/mol. The van der Waals surface area contributed by atoms with Crippen molar-refractivity contribution < 1.29 is 13.9 Å². The van der Waals surface area contributed by atoms with Gasteiger partial charge in [-0.05, 0) is 56.2 Å². The van der Waals surface area contributed by atoms with Gasteiger partial charge in [0.25, 0.3) is 5.91 Å². The van der Waals surface area contributed by atoms with Crippen LogP contribution >= 0.6 is 23.1 Å². The van der Waals surface area contributed by atoms with Gasteiger partial charge in [-0.3, -0.25) is 14.5 Å². The number of rotatable bonds is 7. The Labute approximate surface area is 233 Å². The van der Waals surface area contributed by atoms with E-state index in [0.717, 1.165) is 21.2 Å². The molecule has 0 saturated carbocycles. The number of hydrogen-bond donors (Lipinski definition) is 0. The number of aromatic nitrogens is 2. The molecule has 0 radical (unpaired) electrons. The van der Waals surface area contributed by atoms with Crippen LogP contribution in [0, 0.1) is 13.8 Å².